The number of aryl methyl sites for hydroxylation is 1. The van der Waals surface area contributed by atoms with Gasteiger partial charge in [0.05, 0.1) is 11.5 Å². The van der Waals surface area contributed by atoms with E-state index in [1.165, 1.54) is 12.1 Å². The van der Waals surface area contributed by atoms with Gasteiger partial charge in [-0.15, -0.1) is 0 Å². The van der Waals surface area contributed by atoms with Crippen molar-refractivity contribution in [3.05, 3.63) is 29.8 Å². The molecule has 6 nitrogen and oxygen atoms in total. The van der Waals surface area contributed by atoms with Gasteiger partial charge in [0, 0.05) is 20.1 Å². The van der Waals surface area contributed by atoms with Crippen LogP contribution < -0.4 is 10.5 Å². The van der Waals surface area contributed by atoms with Gasteiger partial charge < -0.3 is 10.1 Å². The van der Waals surface area contributed by atoms with Crippen LogP contribution in [0, 0.1) is 0 Å². The van der Waals surface area contributed by atoms with Gasteiger partial charge in [0.15, 0.2) is 0 Å². The van der Waals surface area contributed by atoms with E-state index in [1.54, 1.807) is 19.2 Å². The summed E-state index contributed by atoms with van der Waals surface area (Å²) in [6, 6.07) is 6.19. The third-order valence-electron chi connectivity index (χ3n) is 2.52. The van der Waals surface area contributed by atoms with E-state index in [9.17, 15) is 13.2 Å². The Morgan fingerprint density at radius 1 is 1.32 bits per heavy atom. The molecule has 1 rings (SSSR count). The average Bonchev–Trinajstić information content (AvgIpc) is 2.36. The van der Waals surface area contributed by atoms with Crippen molar-refractivity contribution in [1.29, 1.82) is 0 Å². The van der Waals surface area contributed by atoms with Crippen LogP contribution in [-0.4, -0.2) is 34.6 Å². The predicted molar refractivity (Wildman–Crippen MR) is 71.0 cm³/mol. The van der Waals surface area contributed by atoms with E-state index in [4.69, 9.17) is 9.88 Å². The lowest BCUT2D eigenvalue weighted by atomic mass is 10.1. The maximum Gasteiger partial charge on any atom is 0.238 e. The number of sulfonamides is 1. The molecule has 1 aromatic carbocycles. The Balaban J connectivity index is 2.44. The van der Waals surface area contributed by atoms with Crippen LogP contribution in [0.3, 0.4) is 0 Å². The fourth-order valence-corrected chi connectivity index (χ4v) is 2.00. The minimum Gasteiger partial charge on any atom is -0.383 e. The van der Waals surface area contributed by atoms with Gasteiger partial charge >= 0.3 is 0 Å². The summed E-state index contributed by atoms with van der Waals surface area (Å²) >= 11 is 0. The van der Waals surface area contributed by atoms with Crippen LogP contribution in [0.2, 0.25) is 0 Å². The summed E-state index contributed by atoms with van der Waals surface area (Å²) in [6.07, 6.45) is 0.891. The van der Waals surface area contributed by atoms with Crippen molar-refractivity contribution >= 4 is 15.9 Å². The molecule has 0 spiro atoms. The molecule has 0 atom stereocenters. The second-order valence-electron chi connectivity index (χ2n) is 4.03. The summed E-state index contributed by atoms with van der Waals surface area (Å²) in [4.78, 5) is 11.5. The maximum absolute atomic E-state index is 11.4. The molecule has 0 aromatic heterocycles. The molecule has 0 unspecified atom stereocenters. The number of primary sulfonamides is 1. The summed E-state index contributed by atoms with van der Waals surface area (Å²) in [5, 5.41) is 7.70. The molecule has 106 valence electrons. The van der Waals surface area contributed by atoms with Crippen LogP contribution >= 0.6 is 0 Å². The van der Waals surface area contributed by atoms with Gasteiger partial charge in [-0.05, 0) is 24.1 Å². The summed E-state index contributed by atoms with van der Waals surface area (Å²) in [6.45, 7) is 0.967. The summed E-state index contributed by atoms with van der Waals surface area (Å²) in [7, 11) is -2.09. The molecule has 0 aliphatic carbocycles. The number of rotatable bonds is 7. The molecule has 0 saturated heterocycles. The maximum atomic E-state index is 11.4. The van der Waals surface area contributed by atoms with Crippen LogP contribution in [0.25, 0.3) is 0 Å². The van der Waals surface area contributed by atoms with Gasteiger partial charge in [-0.2, -0.15) is 0 Å². The summed E-state index contributed by atoms with van der Waals surface area (Å²) < 4.78 is 26.9. The minimum atomic E-state index is -3.66. The fourth-order valence-electron chi connectivity index (χ4n) is 1.48. The highest BCUT2D eigenvalue weighted by atomic mass is 32.2. The number of amides is 1. The normalized spacial score (nSPS) is 11.3. The van der Waals surface area contributed by atoms with E-state index in [0.717, 1.165) is 5.56 Å². The zero-order valence-electron chi connectivity index (χ0n) is 10.8. The van der Waals surface area contributed by atoms with Crippen molar-refractivity contribution < 1.29 is 17.9 Å². The van der Waals surface area contributed by atoms with Gasteiger partial charge in [-0.25, -0.2) is 13.6 Å². The van der Waals surface area contributed by atoms with Crippen molar-refractivity contribution in [2.24, 2.45) is 5.14 Å². The van der Waals surface area contributed by atoms with E-state index >= 15 is 0 Å². The van der Waals surface area contributed by atoms with Crippen molar-refractivity contribution in [2.45, 2.75) is 17.7 Å². The number of nitrogens with one attached hydrogen (secondary N) is 1. The van der Waals surface area contributed by atoms with E-state index < -0.39 is 10.0 Å². The van der Waals surface area contributed by atoms with E-state index in [2.05, 4.69) is 5.32 Å². The van der Waals surface area contributed by atoms with Crippen LogP contribution in [0.4, 0.5) is 0 Å². The van der Waals surface area contributed by atoms with Crippen LogP contribution in [0.5, 0.6) is 0 Å². The topological polar surface area (TPSA) is 98.5 Å². The number of carbonyl (C=O) groups is 1. The lowest BCUT2D eigenvalue weighted by Gasteiger charge is -2.05. The number of ether oxygens (including phenoxy) is 1. The monoisotopic (exact) mass is 286 g/mol. The first kappa shape index (κ1) is 15.6. The quantitative estimate of drug-likeness (QED) is 0.691. The zero-order chi connectivity index (χ0) is 14.3. The Morgan fingerprint density at radius 3 is 2.47 bits per heavy atom. The number of carbonyl (C=O) groups excluding carboxylic acids is 1. The van der Waals surface area contributed by atoms with Crippen LogP contribution in [-0.2, 0) is 26.0 Å². The van der Waals surface area contributed by atoms with Crippen LogP contribution in [0.15, 0.2) is 29.2 Å². The second kappa shape index (κ2) is 7.22. The molecule has 0 aliphatic rings. The predicted octanol–water partition coefficient (Wildman–Crippen LogP) is 0.0292. The Labute approximate surface area is 113 Å². The molecule has 0 radical (unpaired) electrons. The van der Waals surface area contributed by atoms with E-state index in [0.29, 0.717) is 26.0 Å². The largest absolute Gasteiger partial charge is 0.383 e. The molecule has 0 saturated carbocycles. The minimum absolute atomic E-state index is 0.0624. The number of nitrogens with two attached hydrogens (primary N) is 1. The molecular formula is C12H18N2O4S. The third kappa shape index (κ3) is 5.82. The summed E-state index contributed by atoms with van der Waals surface area (Å²) in [5.41, 5.74) is 0.884. The Bertz CT molecular complexity index is 511. The van der Waals surface area contributed by atoms with Crippen LogP contribution in [0.1, 0.15) is 12.0 Å². The van der Waals surface area contributed by atoms with Gasteiger partial charge in [-0.1, -0.05) is 12.1 Å². The second-order valence-corrected chi connectivity index (χ2v) is 5.59. The molecule has 19 heavy (non-hydrogen) atoms. The fraction of sp³-hybridized carbons (Fsp3) is 0.417. The number of hydrogen-bond donors (Lipinski definition) is 2. The SMILES string of the molecule is COCCNC(=O)CCc1ccc(S(N)(=O)=O)cc1. The number of methoxy groups -OCH3 is 1. The van der Waals surface area contributed by atoms with Gasteiger partial charge in [-0.3, -0.25) is 4.79 Å². The Morgan fingerprint density at radius 2 is 1.95 bits per heavy atom. The van der Waals surface area contributed by atoms with Crippen molar-refractivity contribution in [2.75, 3.05) is 20.3 Å². The van der Waals surface area contributed by atoms with Crippen molar-refractivity contribution in [3.63, 3.8) is 0 Å². The molecule has 0 heterocycles. The molecule has 1 amide bonds. The highest BCUT2D eigenvalue weighted by molar-refractivity contribution is 7.89. The standard InChI is InChI=1S/C12H18N2O4S/c1-18-9-8-14-12(15)7-4-10-2-5-11(6-3-10)19(13,16)17/h2-3,5-6H,4,7-9H2,1H3,(H,14,15)(H2,13,16,17). The number of hydrogen-bond acceptors (Lipinski definition) is 4. The average molecular weight is 286 g/mol. The Kier molecular flexibility index (Phi) is 5.94. The van der Waals surface area contributed by atoms with E-state index in [-0.39, 0.29) is 10.8 Å². The molecule has 1 aromatic rings. The van der Waals surface area contributed by atoms with Gasteiger partial charge in [0.1, 0.15) is 0 Å². The van der Waals surface area contributed by atoms with E-state index in [1.807, 2.05) is 0 Å². The lowest BCUT2D eigenvalue weighted by molar-refractivity contribution is -0.121. The highest BCUT2D eigenvalue weighted by Crippen LogP contribution is 2.10. The molecule has 3 N–H and O–H groups in total. The van der Waals surface area contributed by atoms with Gasteiger partial charge in [0.2, 0.25) is 15.9 Å². The molecule has 7 heteroatoms. The van der Waals surface area contributed by atoms with Crippen molar-refractivity contribution in [3.8, 4) is 0 Å². The highest BCUT2D eigenvalue weighted by Gasteiger charge is 2.07. The lowest BCUT2D eigenvalue weighted by Crippen LogP contribution is -2.27. The molecular weight excluding hydrogens is 268 g/mol. The first-order valence-corrected chi connectivity index (χ1v) is 7.35. The molecule has 0 aliphatic heterocycles. The zero-order valence-corrected chi connectivity index (χ0v) is 11.6. The third-order valence-corrected chi connectivity index (χ3v) is 3.45. The van der Waals surface area contributed by atoms with Crippen molar-refractivity contribution in [1.82, 2.24) is 5.32 Å². The summed E-state index contributed by atoms with van der Waals surface area (Å²) in [5.74, 6) is -0.0624. The first-order chi connectivity index (χ1) is 8.93. The smallest absolute Gasteiger partial charge is 0.238 e. The first-order valence-electron chi connectivity index (χ1n) is 5.81. The molecule has 0 bridgehead atoms. The molecule has 0 fully saturated rings. The Hall–Kier alpha value is -1.44. The van der Waals surface area contributed by atoms with Gasteiger partial charge in [0.25, 0.3) is 0 Å². The number of benzene rings is 1.